The molecule has 432 valence electrons. The van der Waals surface area contributed by atoms with Gasteiger partial charge in [-0.15, -0.1) is 0 Å². The lowest BCUT2D eigenvalue weighted by atomic mass is 9.94. The summed E-state index contributed by atoms with van der Waals surface area (Å²) in [6.07, 6.45) is -62.8. The SMILES string of the molecule is OCC(O)C(O)CCO[C@@H]1[C@@H](O)[C@H]2O[C@H]3[C@H](O)[C@@H](O)[C@@H](O[C@H]4[C@H](O)[C@@H](O)[C@@H](O[C@H]5[C@H](O)[C@@H](O)[C@@H](O[C@H]6[C@H](O)[C@@H](O)[C@@H](O[C@H]7[C@H](O)[C@@H](O)[C@@H](O[C@H]1[C@@H](CO)O2)O[C@@H]7CO)O[C@@H]6CO)O[C@@H]5CO)O[C@@H]4CO)O[C@@H]3CO. The Morgan fingerprint density at radius 3 is 0.757 bits per heavy atom. The molecule has 74 heavy (non-hydrogen) atoms. The van der Waals surface area contributed by atoms with Crippen LogP contribution in [0, 0.1) is 0 Å². The van der Waals surface area contributed by atoms with Crippen LogP contribution >= 0.6 is 0 Å². The number of rotatable bonds is 12. The Bertz CT molecular complexity index is 1680. The van der Waals surface area contributed by atoms with Crippen molar-refractivity contribution in [2.24, 2.45) is 0 Å². The van der Waals surface area contributed by atoms with E-state index in [0.717, 1.165) is 0 Å². The van der Waals surface area contributed by atoms with Gasteiger partial charge in [0, 0.05) is 6.61 Å². The van der Waals surface area contributed by atoms with E-state index in [1.807, 2.05) is 0 Å². The molecule has 22 fully saturated rings. The number of aliphatic hydroxyl groups is 20. The van der Waals surface area contributed by atoms with Gasteiger partial charge in [0.1, 0.15) is 153 Å². The summed E-state index contributed by atoms with van der Waals surface area (Å²) in [5.74, 6) is 0. The fourth-order valence-corrected chi connectivity index (χ4v) is 9.74. The van der Waals surface area contributed by atoms with Gasteiger partial charge in [0.25, 0.3) is 0 Å². The van der Waals surface area contributed by atoms with Gasteiger partial charge in [0.05, 0.1) is 52.4 Å². The number of hydrogen-bond acceptors (Lipinski definition) is 33. The van der Waals surface area contributed by atoms with Crippen molar-refractivity contribution in [1.82, 2.24) is 0 Å². The second kappa shape index (κ2) is 26.3. The second-order valence-corrected chi connectivity index (χ2v) is 18.8. The molecule has 22 heterocycles. The lowest BCUT2D eigenvalue weighted by Crippen LogP contribution is -2.69. The first-order valence-corrected chi connectivity index (χ1v) is 23.9. The molecule has 22 aliphatic heterocycles. The van der Waals surface area contributed by atoms with E-state index >= 15 is 0 Å². The van der Waals surface area contributed by atoms with Crippen molar-refractivity contribution in [2.45, 2.75) is 203 Å². The molecule has 32 atom stereocenters. The Kier molecular flexibility index (Phi) is 21.4. The van der Waals surface area contributed by atoms with Crippen molar-refractivity contribution in [3.05, 3.63) is 0 Å². The van der Waals surface area contributed by atoms with E-state index in [-0.39, 0.29) is 0 Å². The minimum absolute atomic E-state index is 0.420. The molecule has 22 rings (SSSR count). The average molecular weight is 1090 g/mol. The molecule has 33 heteroatoms. The summed E-state index contributed by atoms with van der Waals surface area (Å²) in [6.45, 7) is -7.60. The third kappa shape index (κ3) is 12.4. The highest BCUT2D eigenvalue weighted by Crippen LogP contribution is 2.38. The maximum atomic E-state index is 11.8. The van der Waals surface area contributed by atoms with E-state index in [4.69, 9.17) is 61.6 Å². The van der Waals surface area contributed by atoms with Crippen LogP contribution in [0.25, 0.3) is 0 Å². The summed E-state index contributed by atoms with van der Waals surface area (Å²) in [5.41, 5.74) is 0. The van der Waals surface area contributed by atoms with E-state index in [1.54, 1.807) is 0 Å². The first-order valence-electron chi connectivity index (χ1n) is 23.9. The molecular weight excluding hydrogens is 1020 g/mol. The zero-order valence-electron chi connectivity index (χ0n) is 39.1. The molecule has 0 aliphatic carbocycles. The van der Waals surface area contributed by atoms with Crippen LogP contribution in [-0.4, -0.2) is 351 Å². The number of hydrogen-bond donors (Lipinski definition) is 20. The van der Waals surface area contributed by atoms with E-state index in [2.05, 4.69) is 0 Å². The smallest absolute Gasteiger partial charge is 0.187 e. The Hall–Kier alpha value is -1.32. The van der Waals surface area contributed by atoms with Gasteiger partial charge in [0.15, 0.2) is 37.7 Å². The number of ether oxygens (including phenoxy) is 13. The fraction of sp³-hybridized carbons (Fsp3) is 1.00. The van der Waals surface area contributed by atoms with Crippen molar-refractivity contribution in [1.29, 1.82) is 0 Å². The molecule has 33 nitrogen and oxygen atoms in total. The molecule has 22 aliphatic rings. The first kappa shape index (κ1) is 60.3. The van der Waals surface area contributed by atoms with Crippen LogP contribution < -0.4 is 0 Å². The van der Waals surface area contributed by atoms with Gasteiger partial charge in [0.2, 0.25) is 0 Å². The van der Waals surface area contributed by atoms with E-state index in [9.17, 15) is 102 Å². The van der Waals surface area contributed by atoms with Crippen LogP contribution in [0.15, 0.2) is 0 Å². The highest BCUT2D eigenvalue weighted by molar-refractivity contribution is 5.01. The lowest BCUT2D eigenvalue weighted by Gasteiger charge is -2.51. The van der Waals surface area contributed by atoms with E-state index in [0.29, 0.717) is 0 Å². The molecule has 20 N–H and O–H groups in total. The van der Waals surface area contributed by atoms with Gasteiger partial charge < -0.3 is 164 Å². The van der Waals surface area contributed by atoms with Gasteiger partial charge in [-0.3, -0.25) is 0 Å². The van der Waals surface area contributed by atoms with Crippen molar-refractivity contribution >= 4 is 0 Å². The predicted molar refractivity (Wildman–Crippen MR) is 223 cm³/mol. The monoisotopic (exact) mass is 1090 g/mol. The van der Waals surface area contributed by atoms with E-state index < -0.39 is 256 Å². The zero-order valence-corrected chi connectivity index (χ0v) is 39.1. The zero-order chi connectivity index (χ0) is 54.0. The van der Waals surface area contributed by atoms with Gasteiger partial charge in [-0.25, -0.2) is 0 Å². The van der Waals surface area contributed by atoms with Crippen LogP contribution in [0.4, 0.5) is 0 Å². The largest absolute Gasteiger partial charge is 0.394 e. The third-order valence-electron chi connectivity index (χ3n) is 14.0. The van der Waals surface area contributed by atoms with Gasteiger partial charge in [-0.1, -0.05) is 0 Å². The Labute approximate surface area is 419 Å². The standard InChI is InChI=1S/C41H70O33/c42-3-11(50)10(49)1-2-62-35-28(61)41-68-17(9-48)34(35)74-40-27(60)22(55)32(15(7-46)67-40)72-38-25(58)20(53)30(13(5-44)65-38)70-36-23(56)18(51)29(12(4-43)63-36)69-37-24(57)19(52)31(14(6-45)64-37)71-39-26(59)21(54)33(73-41)16(8-47)66-39/h10-61H,1-9H2/t10?,11?,12-,13-,14-,15-,16-,17-,18-,19-,20-,21-,22-,23-,24-,25-,26-,27-,28-,29-,30-,31-,32-,33-,34+,35-,36-,37-,38-,39-,40-,41-/m1/s1. The Morgan fingerprint density at radius 1 is 0.284 bits per heavy atom. The van der Waals surface area contributed by atoms with Crippen LogP contribution in [0.3, 0.4) is 0 Å². The summed E-state index contributed by atoms with van der Waals surface area (Å²) < 4.78 is 74.9. The maximum absolute atomic E-state index is 11.8. The molecule has 0 aromatic rings. The molecule has 0 saturated carbocycles. The van der Waals surface area contributed by atoms with Crippen molar-refractivity contribution in [3.63, 3.8) is 0 Å². The summed E-state index contributed by atoms with van der Waals surface area (Å²) in [7, 11) is 0. The van der Waals surface area contributed by atoms with Crippen LogP contribution in [0.1, 0.15) is 6.42 Å². The van der Waals surface area contributed by atoms with Gasteiger partial charge in [-0.2, -0.15) is 0 Å². The molecule has 0 aromatic heterocycles. The van der Waals surface area contributed by atoms with Crippen molar-refractivity contribution < 1.29 is 164 Å². The quantitative estimate of drug-likeness (QED) is 0.0863. The normalized spacial score (nSPS) is 51.6. The van der Waals surface area contributed by atoms with Crippen LogP contribution in [0.2, 0.25) is 0 Å². The maximum Gasteiger partial charge on any atom is 0.187 e. The minimum atomic E-state index is -2.20. The molecule has 22 saturated heterocycles. The third-order valence-corrected chi connectivity index (χ3v) is 14.0. The topological polar surface area (TPSA) is 525 Å². The summed E-state index contributed by atoms with van der Waals surface area (Å²) in [4.78, 5) is 0. The van der Waals surface area contributed by atoms with Gasteiger partial charge >= 0.3 is 0 Å². The second-order valence-electron chi connectivity index (χ2n) is 18.8. The Balaban J connectivity index is 1.22. The Morgan fingerprint density at radius 2 is 0.514 bits per heavy atom. The molecule has 0 aromatic carbocycles. The first-order chi connectivity index (χ1) is 35.3. The highest BCUT2D eigenvalue weighted by Gasteiger charge is 2.59. The summed E-state index contributed by atoms with van der Waals surface area (Å²) in [6, 6.07) is 0. The van der Waals surface area contributed by atoms with Gasteiger partial charge in [-0.05, 0) is 6.42 Å². The van der Waals surface area contributed by atoms with E-state index in [1.165, 1.54) is 0 Å². The molecule has 0 amide bonds. The lowest BCUT2D eigenvalue weighted by molar-refractivity contribution is -0.405. The molecule has 2 unspecified atom stereocenters. The average Bonchev–Trinajstić information content (AvgIpc) is 3.39. The summed E-state index contributed by atoms with van der Waals surface area (Å²) >= 11 is 0. The fourth-order valence-electron chi connectivity index (χ4n) is 9.74. The molecule has 12 bridgehead atoms. The number of aliphatic hydroxyl groups excluding tert-OH is 20. The minimum Gasteiger partial charge on any atom is -0.394 e. The molecular formula is C41H70O33. The van der Waals surface area contributed by atoms with Crippen molar-refractivity contribution in [3.8, 4) is 0 Å². The molecule has 0 radical (unpaired) electrons. The highest BCUT2D eigenvalue weighted by atomic mass is 16.8. The van der Waals surface area contributed by atoms with Crippen LogP contribution in [0.5, 0.6) is 0 Å². The summed E-state index contributed by atoms with van der Waals surface area (Å²) in [5, 5.41) is 217. The van der Waals surface area contributed by atoms with Crippen LogP contribution in [-0.2, 0) is 61.6 Å². The molecule has 0 spiro atoms. The predicted octanol–water partition coefficient (Wildman–Crippen LogP) is -13.9. The van der Waals surface area contributed by atoms with Crippen molar-refractivity contribution in [2.75, 3.05) is 52.9 Å².